The first kappa shape index (κ1) is 8.49. The summed E-state index contributed by atoms with van der Waals surface area (Å²) in [6.45, 7) is 0.0900. The zero-order valence-corrected chi connectivity index (χ0v) is 7.23. The molecule has 0 saturated heterocycles. The van der Waals surface area contributed by atoms with Gasteiger partial charge in [0.25, 0.3) is 0 Å². The Morgan fingerprint density at radius 3 is 2.73 bits per heavy atom. The van der Waals surface area contributed by atoms with Gasteiger partial charge in [-0.25, -0.2) is 4.39 Å². The maximum atomic E-state index is 12.8. The van der Waals surface area contributed by atoms with Crippen molar-refractivity contribution in [3.05, 3.63) is 28.0 Å². The minimum Gasteiger partial charge on any atom is -0.507 e. The number of hydrogen-bond acceptors (Lipinski definition) is 2. The lowest BCUT2D eigenvalue weighted by atomic mass is 10.2. The molecule has 0 heterocycles. The van der Waals surface area contributed by atoms with Gasteiger partial charge in [-0.3, -0.25) is 0 Å². The van der Waals surface area contributed by atoms with Crippen molar-refractivity contribution in [3.63, 3.8) is 0 Å². The maximum absolute atomic E-state index is 12.8. The van der Waals surface area contributed by atoms with E-state index in [0.717, 1.165) is 0 Å². The highest BCUT2D eigenvalue weighted by atomic mass is 79.9. The van der Waals surface area contributed by atoms with Crippen LogP contribution >= 0.6 is 15.9 Å². The molecular formula is C7H7BrFNO. The summed E-state index contributed by atoms with van der Waals surface area (Å²) in [6.07, 6.45) is 0. The number of hydrogen-bond donors (Lipinski definition) is 2. The summed E-state index contributed by atoms with van der Waals surface area (Å²) < 4.78 is 13.1. The Labute approximate surface area is 72.0 Å². The summed E-state index contributed by atoms with van der Waals surface area (Å²) in [5.74, 6) is -0.399. The third-order valence-electron chi connectivity index (χ3n) is 1.34. The molecule has 0 aliphatic carbocycles. The fraction of sp³-hybridized carbons (Fsp3) is 0.143. The molecule has 60 valence electrons. The van der Waals surface area contributed by atoms with E-state index in [1.165, 1.54) is 12.1 Å². The molecule has 0 radical (unpaired) electrons. The van der Waals surface area contributed by atoms with Gasteiger partial charge in [-0.05, 0) is 28.1 Å². The van der Waals surface area contributed by atoms with E-state index in [1.807, 2.05) is 0 Å². The van der Waals surface area contributed by atoms with Gasteiger partial charge in [0.2, 0.25) is 0 Å². The van der Waals surface area contributed by atoms with E-state index in [1.54, 1.807) is 0 Å². The van der Waals surface area contributed by atoms with Gasteiger partial charge in [-0.2, -0.15) is 0 Å². The zero-order chi connectivity index (χ0) is 8.43. The van der Waals surface area contributed by atoms with E-state index in [4.69, 9.17) is 10.8 Å². The van der Waals surface area contributed by atoms with Crippen LogP contribution in [0.25, 0.3) is 0 Å². The fourth-order valence-electron chi connectivity index (χ4n) is 0.737. The van der Waals surface area contributed by atoms with E-state index < -0.39 is 5.82 Å². The van der Waals surface area contributed by atoms with Crippen LogP contribution < -0.4 is 5.73 Å². The number of phenolic OH excluding ortho intramolecular Hbond substituents is 1. The average molecular weight is 220 g/mol. The smallest absolute Gasteiger partial charge is 0.130 e. The second kappa shape index (κ2) is 3.19. The van der Waals surface area contributed by atoms with Gasteiger partial charge >= 0.3 is 0 Å². The lowest BCUT2D eigenvalue weighted by Crippen LogP contribution is -1.99. The van der Waals surface area contributed by atoms with E-state index >= 15 is 0 Å². The van der Waals surface area contributed by atoms with Crippen LogP contribution in [0.15, 0.2) is 16.6 Å². The molecule has 0 aliphatic rings. The van der Waals surface area contributed by atoms with E-state index in [2.05, 4.69) is 15.9 Å². The number of halogens is 2. The number of rotatable bonds is 1. The summed E-state index contributed by atoms with van der Waals surface area (Å²) in [5.41, 5.74) is 5.51. The van der Waals surface area contributed by atoms with E-state index in [9.17, 15) is 4.39 Å². The summed E-state index contributed by atoms with van der Waals surface area (Å²) >= 11 is 2.98. The first-order valence-corrected chi connectivity index (χ1v) is 3.81. The minimum atomic E-state index is -0.405. The van der Waals surface area contributed by atoms with Crippen LogP contribution in [-0.2, 0) is 6.54 Å². The highest BCUT2D eigenvalue weighted by molar-refractivity contribution is 9.10. The average Bonchev–Trinajstić information content (AvgIpc) is 1.97. The maximum Gasteiger partial charge on any atom is 0.130 e. The first-order chi connectivity index (χ1) is 5.15. The highest BCUT2D eigenvalue weighted by Crippen LogP contribution is 2.26. The standard InChI is InChI=1S/C7H7BrFNO/c8-5-2-6(9)4(3-10)1-7(5)11/h1-2,11H,3,10H2. The van der Waals surface area contributed by atoms with Crippen LogP contribution in [0, 0.1) is 5.82 Å². The molecule has 1 rings (SSSR count). The molecular weight excluding hydrogens is 213 g/mol. The quantitative estimate of drug-likeness (QED) is 0.757. The third-order valence-corrected chi connectivity index (χ3v) is 1.97. The van der Waals surface area contributed by atoms with Gasteiger partial charge in [0, 0.05) is 12.1 Å². The summed E-state index contributed by atoms with van der Waals surface area (Å²) in [6, 6.07) is 2.50. The third kappa shape index (κ3) is 1.70. The second-order valence-electron chi connectivity index (χ2n) is 2.10. The van der Waals surface area contributed by atoms with Crippen LogP contribution in [0.3, 0.4) is 0 Å². The van der Waals surface area contributed by atoms with E-state index in [0.29, 0.717) is 10.0 Å². The molecule has 1 aromatic rings. The molecule has 2 nitrogen and oxygen atoms in total. The van der Waals surface area contributed by atoms with Crippen molar-refractivity contribution in [3.8, 4) is 5.75 Å². The molecule has 1 aromatic carbocycles. The molecule has 0 aromatic heterocycles. The predicted octanol–water partition coefficient (Wildman–Crippen LogP) is 1.75. The van der Waals surface area contributed by atoms with Crippen LogP contribution in [0.5, 0.6) is 5.75 Å². The number of aromatic hydroxyl groups is 1. The molecule has 0 atom stereocenters. The minimum absolute atomic E-state index is 0.00634. The topological polar surface area (TPSA) is 46.2 Å². The monoisotopic (exact) mass is 219 g/mol. The van der Waals surface area contributed by atoms with Crippen molar-refractivity contribution in [2.45, 2.75) is 6.54 Å². The van der Waals surface area contributed by atoms with Crippen molar-refractivity contribution in [2.24, 2.45) is 5.73 Å². The van der Waals surface area contributed by atoms with Gasteiger partial charge in [0.1, 0.15) is 11.6 Å². The van der Waals surface area contributed by atoms with Crippen molar-refractivity contribution in [2.75, 3.05) is 0 Å². The molecule has 3 N–H and O–H groups in total. The second-order valence-corrected chi connectivity index (χ2v) is 2.95. The Kier molecular flexibility index (Phi) is 2.46. The zero-order valence-electron chi connectivity index (χ0n) is 5.64. The largest absolute Gasteiger partial charge is 0.507 e. The normalized spacial score (nSPS) is 10.1. The Morgan fingerprint density at radius 2 is 2.18 bits per heavy atom. The van der Waals surface area contributed by atoms with Gasteiger partial charge in [-0.15, -0.1) is 0 Å². The Morgan fingerprint density at radius 1 is 1.55 bits per heavy atom. The Balaban J connectivity index is 3.21. The van der Waals surface area contributed by atoms with Crippen LogP contribution in [0.1, 0.15) is 5.56 Å². The lowest BCUT2D eigenvalue weighted by Gasteiger charge is -2.01. The molecule has 0 fully saturated rings. The van der Waals surface area contributed by atoms with Gasteiger partial charge < -0.3 is 10.8 Å². The van der Waals surface area contributed by atoms with Gasteiger partial charge in [0.15, 0.2) is 0 Å². The van der Waals surface area contributed by atoms with Crippen molar-refractivity contribution < 1.29 is 9.50 Å². The number of phenols is 1. The van der Waals surface area contributed by atoms with Gasteiger partial charge in [0.05, 0.1) is 4.47 Å². The van der Waals surface area contributed by atoms with Crippen molar-refractivity contribution >= 4 is 15.9 Å². The van der Waals surface area contributed by atoms with Crippen molar-refractivity contribution in [1.82, 2.24) is 0 Å². The first-order valence-electron chi connectivity index (χ1n) is 3.02. The van der Waals surface area contributed by atoms with Crippen LogP contribution in [0.2, 0.25) is 0 Å². The molecule has 11 heavy (non-hydrogen) atoms. The van der Waals surface area contributed by atoms with Crippen LogP contribution in [0.4, 0.5) is 4.39 Å². The molecule has 0 spiro atoms. The Hall–Kier alpha value is -0.610. The van der Waals surface area contributed by atoms with E-state index in [-0.39, 0.29) is 12.3 Å². The molecule has 0 amide bonds. The molecule has 0 aliphatic heterocycles. The number of benzene rings is 1. The molecule has 0 saturated carbocycles. The Bertz CT molecular complexity index is 277. The summed E-state index contributed by atoms with van der Waals surface area (Å²) in [7, 11) is 0. The fourth-order valence-corrected chi connectivity index (χ4v) is 1.05. The SMILES string of the molecule is NCc1cc(O)c(Br)cc1F. The summed E-state index contributed by atoms with van der Waals surface area (Å²) in [4.78, 5) is 0. The highest BCUT2D eigenvalue weighted by Gasteiger charge is 2.04. The molecule has 0 unspecified atom stereocenters. The number of nitrogens with two attached hydrogens (primary N) is 1. The molecule has 4 heteroatoms. The molecule has 0 bridgehead atoms. The lowest BCUT2D eigenvalue weighted by molar-refractivity contribution is 0.467. The summed E-state index contributed by atoms with van der Waals surface area (Å²) in [5, 5.41) is 9.09. The van der Waals surface area contributed by atoms with Gasteiger partial charge in [-0.1, -0.05) is 0 Å². The predicted molar refractivity (Wildman–Crippen MR) is 43.7 cm³/mol. The van der Waals surface area contributed by atoms with Crippen molar-refractivity contribution in [1.29, 1.82) is 0 Å². The van der Waals surface area contributed by atoms with Crippen LogP contribution in [-0.4, -0.2) is 5.11 Å².